The molecule has 2 aromatic rings. The number of aromatic nitrogens is 3. The van der Waals surface area contributed by atoms with Gasteiger partial charge < -0.3 is 14.7 Å². The van der Waals surface area contributed by atoms with E-state index in [-0.39, 0.29) is 12.1 Å². The van der Waals surface area contributed by atoms with Crippen molar-refractivity contribution in [2.24, 2.45) is 0 Å². The van der Waals surface area contributed by atoms with E-state index in [0.29, 0.717) is 0 Å². The van der Waals surface area contributed by atoms with Crippen molar-refractivity contribution in [3.63, 3.8) is 0 Å². The summed E-state index contributed by atoms with van der Waals surface area (Å²) in [5.74, 6) is 0.962. The van der Waals surface area contributed by atoms with Crippen LogP contribution in [0, 0.1) is 0 Å². The number of fused-ring (bicyclic) bond motifs is 1. The van der Waals surface area contributed by atoms with Crippen LogP contribution in [0.3, 0.4) is 0 Å². The van der Waals surface area contributed by atoms with E-state index in [4.69, 9.17) is 0 Å². The van der Waals surface area contributed by atoms with E-state index < -0.39 is 0 Å². The van der Waals surface area contributed by atoms with Gasteiger partial charge in [0.05, 0.1) is 12.1 Å². The summed E-state index contributed by atoms with van der Waals surface area (Å²) in [6.45, 7) is 2.13. The van der Waals surface area contributed by atoms with Crippen LogP contribution in [0.15, 0.2) is 24.7 Å². The number of H-pyrrole nitrogens is 1. The van der Waals surface area contributed by atoms with Gasteiger partial charge in [-0.2, -0.15) is 0 Å². The maximum atomic E-state index is 9.95. The normalized spacial score (nSPS) is 21.2. The van der Waals surface area contributed by atoms with Crippen molar-refractivity contribution in [1.82, 2.24) is 14.5 Å². The van der Waals surface area contributed by atoms with Crippen LogP contribution in [0.1, 0.15) is 49.0 Å². The quantitative estimate of drug-likeness (QED) is 0.832. The number of hydrogen-bond acceptors (Lipinski definition) is 2. The highest BCUT2D eigenvalue weighted by Gasteiger charge is 2.23. The van der Waals surface area contributed by atoms with E-state index in [1.54, 1.807) is 6.20 Å². The molecule has 17 heavy (non-hydrogen) atoms. The average Bonchev–Trinajstić information content (AvgIpc) is 2.98. The topological polar surface area (TPSA) is 53.8 Å². The number of aliphatic hydroxyl groups is 1. The smallest absolute Gasteiger partial charge is 0.128 e. The van der Waals surface area contributed by atoms with Gasteiger partial charge in [-0.1, -0.05) is 0 Å². The van der Waals surface area contributed by atoms with Crippen LogP contribution in [-0.2, 0) is 6.42 Å². The first-order valence-corrected chi connectivity index (χ1v) is 6.14. The Morgan fingerprint density at radius 3 is 3.24 bits per heavy atom. The molecule has 2 aromatic heterocycles. The molecule has 0 aliphatic heterocycles. The minimum Gasteiger partial charge on any atom is -0.388 e. The summed E-state index contributed by atoms with van der Waals surface area (Å²) in [5, 5.41) is 9.95. The number of aliphatic hydroxyl groups excluding tert-OH is 1. The zero-order valence-electron chi connectivity index (χ0n) is 9.93. The standard InChI is InChI=1S/C13H17N3O/c1-9(13-14-6-7-15-13)16-8-5-10-11(16)3-2-4-12(10)17/h5-9,12,17H,2-4H2,1H3,(H,14,15). The third-order valence-corrected chi connectivity index (χ3v) is 3.64. The van der Waals surface area contributed by atoms with Crippen molar-refractivity contribution < 1.29 is 5.11 Å². The van der Waals surface area contributed by atoms with Gasteiger partial charge in [0.1, 0.15) is 5.82 Å². The molecule has 0 amide bonds. The zero-order valence-corrected chi connectivity index (χ0v) is 9.93. The molecule has 1 aliphatic rings. The first kappa shape index (κ1) is 10.6. The van der Waals surface area contributed by atoms with Crippen LogP contribution in [0.5, 0.6) is 0 Å². The van der Waals surface area contributed by atoms with Crippen LogP contribution in [0.4, 0.5) is 0 Å². The molecule has 0 spiro atoms. The second kappa shape index (κ2) is 4.04. The molecule has 3 rings (SSSR count). The lowest BCUT2D eigenvalue weighted by Gasteiger charge is -2.22. The van der Waals surface area contributed by atoms with Gasteiger partial charge in [-0.05, 0) is 32.3 Å². The van der Waals surface area contributed by atoms with Crippen molar-refractivity contribution in [1.29, 1.82) is 0 Å². The highest BCUT2D eigenvalue weighted by molar-refractivity contribution is 5.28. The number of imidazole rings is 1. The molecule has 90 valence electrons. The fraction of sp³-hybridized carbons (Fsp3) is 0.462. The lowest BCUT2D eigenvalue weighted by atomic mass is 9.95. The molecule has 4 nitrogen and oxygen atoms in total. The van der Waals surface area contributed by atoms with Crippen LogP contribution in [-0.4, -0.2) is 19.6 Å². The number of nitrogens with one attached hydrogen (secondary N) is 1. The van der Waals surface area contributed by atoms with Gasteiger partial charge in [0, 0.05) is 29.8 Å². The van der Waals surface area contributed by atoms with Crippen molar-refractivity contribution in [2.45, 2.75) is 38.3 Å². The lowest BCUT2D eigenvalue weighted by Crippen LogP contribution is -2.15. The molecule has 2 heterocycles. The van der Waals surface area contributed by atoms with Crippen molar-refractivity contribution in [3.05, 3.63) is 41.7 Å². The monoisotopic (exact) mass is 231 g/mol. The summed E-state index contributed by atoms with van der Waals surface area (Å²) in [6, 6.07) is 2.23. The molecule has 0 bridgehead atoms. The fourth-order valence-corrected chi connectivity index (χ4v) is 2.69. The summed E-state index contributed by atoms with van der Waals surface area (Å²) < 4.78 is 2.22. The second-order valence-corrected chi connectivity index (χ2v) is 4.68. The third kappa shape index (κ3) is 1.69. The third-order valence-electron chi connectivity index (χ3n) is 3.64. The zero-order chi connectivity index (χ0) is 11.8. The van der Waals surface area contributed by atoms with Gasteiger partial charge in [-0.25, -0.2) is 4.98 Å². The molecular weight excluding hydrogens is 214 g/mol. The first-order chi connectivity index (χ1) is 8.27. The minimum absolute atomic E-state index is 0.194. The number of hydrogen-bond donors (Lipinski definition) is 2. The Bertz CT molecular complexity index is 501. The second-order valence-electron chi connectivity index (χ2n) is 4.68. The largest absolute Gasteiger partial charge is 0.388 e. The Kier molecular flexibility index (Phi) is 2.52. The molecule has 0 saturated heterocycles. The molecule has 2 atom stereocenters. The van der Waals surface area contributed by atoms with E-state index in [2.05, 4.69) is 27.7 Å². The fourth-order valence-electron chi connectivity index (χ4n) is 2.69. The van der Waals surface area contributed by atoms with Crippen LogP contribution in [0.25, 0.3) is 0 Å². The van der Waals surface area contributed by atoms with Gasteiger partial charge in [-0.15, -0.1) is 0 Å². The molecular formula is C13H17N3O. The van der Waals surface area contributed by atoms with Crippen LogP contribution in [0.2, 0.25) is 0 Å². The Hall–Kier alpha value is -1.55. The van der Waals surface area contributed by atoms with E-state index >= 15 is 0 Å². The lowest BCUT2D eigenvalue weighted by molar-refractivity contribution is 0.155. The molecule has 2 N–H and O–H groups in total. The van der Waals surface area contributed by atoms with Gasteiger partial charge >= 0.3 is 0 Å². The highest BCUT2D eigenvalue weighted by atomic mass is 16.3. The minimum atomic E-state index is -0.288. The Morgan fingerprint density at radius 2 is 2.47 bits per heavy atom. The van der Waals surface area contributed by atoms with E-state index in [1.165, 1.54) is 5.69 Å². The number of rotatable bonds is 2. The number of aromatic amines is 1. The van der Waals surface area contributed by atoms with Gasteiger partial charge in [0.2, 0.25) is 0 Å². The number of nitrogens with zero attached hydrogens (tertiary/aromatic N) is 2. The molecule has 0 saturated carbocycles. The summed E-state index contributed by atoms with van der Waals surface area (Å²) in [5.41, 5.74) is 2.35. The van der Waals surface area contributed by atoms with Crippen molar-refractivity contribution in [2.75, 3.05) is 0 Å². The first-order valence-electron chi connectivity index (χ1n) is 6.14. The average molecular weight is 231 g/mol. The van der Waals surface area contributed by atoms with Crippen LogP contribution < -0.4 is 0 Å². The molecule has 0 fully saturated rings. The SMILES string of the molecule is CC(c1ncc[nH]1)n1ccc2c1CCCC2O. The van der Waals surface area contributed by atoms with Crippen LogP contribution >= 0.6 is 0 Å². The van der Waals surface area contributed by atoms with Gasteiger partial charge in [-0.3, -0.25) is 0 Å². The Morgan fingerprint density at radius 1 is 1.59 bits per heavy atom. The molecule has 2 unspecified atom stereocenters. The summed E-state index contributed by atoms with van der Waals surface area (Å²) in [4.78, 5) is 7.45. The molecule has 1 aliphatic carbocycles. The Labute approximate surface area is 100 Å². The summed E-state index contributed by atoms with van der Waals surface area (Å²) in [6.07, 6.45) is 8.38. The summed E-state index contributed by atoms with van der Waals surface area (Å²) >= 11 is 0. The van der Waals surface area contributed by atoms with Gasteiger partial charge in [0.25, 0.3) is 0 Å². The maximum absolute atomic E-state index is 9.95. The predicted molar refractivity (Wildman–Crippen MR) is 64.7 cm³/mol. The highest BCUT2D eigenvalue weighted by Crippen LogP contribution is 2.32. The maximum Gasteiger partial charge on any atom is 0.128 e. The van der Waals surface area contributed by atoms with Gasteiger partial charge in [0.15, 0.2) is 0 Å². The van der Waals surface area contributed by atoms with E-state index in [1.807, 2.05) is 12.3 Å². The predicted octanol–water partition coefficient (Wildman–Crippen LogP) is 2.19. The molecule has 0 radical (unpaired) electrons. The molecule has 4 heteroatoms. The van der Waals surface area contributed by atoms with E-state index in [9.17, 15) is 5.11 Å². The Balaban J connectivity index is 1.99. The van der Waals surface area contributed by atoms with Crippen molar-refractivity contribution in [3.8, 4) is 0 Å². The molecule has 0 aromatic carbocycles. The van der Waals surface area contributed by atoms with Crippen molar-refractivity contribution >= 4 is 0 Å². The van der Waals surface area contributed by atoms with E-state index in [0.717, 1.165) is 30.7 Å². The summed E-state index contributed by atoms with van der Waals surface area (Å²) in [7, 11) is 0.